The van der Waals surface area contributed by atoms with Crippen molar-refractivity contribution in [3.05, 3.63) is 29.8 Å². The third kappa shape index (κ3) is 3.76. The molecule has 4 nitrogen and oxygen atoms in total. The van der Waals surface area contributed by atoms with E-state index in [0.717, 1.165) is 37.0 Å². The Bertz CT molecular complexity index is 499. The average molecular weight is 290 g/mol. The molecule has 0 saturated heterocycles. The molecule has 4 heteroatoms. The van der Waals surface area contributed by atoms with Crippen molar-refractivity contribution in [2.45, 2.75) is 44.7 Å². The number of hydrogen-bond acceptors (Lipinski definition) is 3. The van der Waals surface area contributed by atoms with Gasteiger partial charge in [0.2, 0.25) is 5.91 Å². The van der Waals surface area contributed by atoms with Gasteiger partial charge in [0, 0.05) is 19.1 Å². The Labute approximate surface area is 127 Å². The van der Waals surface area contributed by atoms with Gasteiger partial charge in [-0.05, 0) is 37.5 Å². The quantitative estimate of drug-likeness (QED) is 0.927. The standard InChI is InChI=1S/C17H26N2O2/c1-17(18)10-5-4-9-15(17)16(20)19(2)12-13-7-6-8-14(11-13)21-3/h6-8,11,15H,4-5,9-10,12,18H2,1-3H3. The Hall–Kier alpha value is -1.55. The Morgan fingerprint density at radius 2 is 2.24 bits per heavy atom. The molecule has 116 valence electrons. The minimum Gasteiger partial charge on any atom is -0.497 e. The van der Waals surface area contributed by atoms with Crippen LogP contribution in [0.3, 0.4) is 0 Å². The summed E-state index contributed by atoms with van der Waals surface area (Å²) in [4.78, 5) is 14.5. The van der Waals surface area contributed by atoms with Crippen LogP contribution in [0.4, 0.5) is 0 Å². The molecule has 1 aliphatic carbocycles. The first-order valence-electron chi connectivity index (χ1n) is 7.61. The SMILES string of the molecule is COc1cccc(CN(C)C(=O)C2CCCCC2(C)N)c1. The summed E-state index contributed by atoms with van der Waals surface area (Å²) >= 11 is 0. The minimum absolute atomic E-state index is 0.0677. The second kappa shape index (κ2) is 6.48. The van der Waals surface area contributed by atoms with E-state index < -0.39 is 0 Å². The van der Waals surface area contributed by atoms with Gasteiger partial charge >= 0.3 is 0 Å². The van der Waals surface area contributed by atoms with E-state index in [1.165, 1.54) is 0 Å². The number of amides is 1. The van der Waals surface area contributed by atoms with E-state index in [0.29, 0.717) is 6.54 Å². The summed E-state index contributed by atoms with van der Waals surface area (Å²) in [6.45, 7) is 2.59. The molecule has 0 heterocycles. The maximum absolute atomic E-state index is 12.7. The third-order valence-electron chi connectivity index (χ3n) is 4.48. The molecule has 0 aromatic heterocycles. The first-order chi connectivity index (χ1) is 9.94. The highest BCUT2D eigenvalue weighted by Crippen LogP contribution is 2.33. The maximum Gasteiger partial charge on any atom is 0.227 e. The summed E-state index contributed by atoms with van der Waals surface area (Å²) in [5.74, 6) is 0.902. The van der Waals surface area contributed by atoms with Crippen LogP contribution in [0.2, 0.25) is 0 Å². The summed E-state index contributed by atoms with van der Waals surface area (Å²) in [6.07, 6.45) is 4.04. The van der Waals surface area contributed by atoms with Gasteiger partial charge in [-0.25, -0.2) is 0 Å². The lowest BCUT2D eigenvalue weighted by molar-refractivity contribution is -0.138. The average Bonchev–Trinajstić information content (AvgIpc) is 2.46. The van der Waals surface area contributed by atoms with Crippen LogP contribution < -0.4 is 10.5 Å². The molecule has 1 aliphatic rings. The smallest absolute Gasteiger partial charge is 0.227 e. The second-order valence-electron chi connectivity index (χ2n) is 6.35. The fourth-order valence-corrected chi connectivity index (χ4v) is 3.15. The van der Waals surface area contributed by atoms with Crippen molar-refractivity contribution in [2.75, 3.05) is 14.2 Å². The molecular weight excluding hydrogens is 264 g/mol. The number of methoxy groups -OCH3 is 1. The molecular formula is C17H26N2O2. The van der Waals surface area contributed by atoms with Crippen molar-refractivity contribution < 1.29 is 9.53 Å². The number of nitrogens with zero attached hydrogens (tertiary/aromatic N) is 1. The Kier molecular flexibility index (Phi) is 4.88. The van der Waals surface area contributed by atoms with Gasteiger partial charge in [-0.1, -0.05) is 25.0 Å². The number of carbonyl (C=O) groups is 1. The monoisotopic (exact) mass is 290 g/mol. The molecule has 2 rings (SSSR count). The van der Waals surface area contributed by atoms with Crippen LogP contribution in [-0.2, 0) is 11.3 Å². The molecule has 0 spiro atoms. The van der Waals surface area contributed by atoms with Gasteiger partial charge in [0.05, 0.1) is 13.0 Å². The first-order valence-corrected chi connectivity index (χ1v) is 7.61. The van der Waals surface area contributed by atoms with Crippen LogP contribution in [0.25, 0.3) is 0 Å². The highest BCUT2D eigenvalue weighted by molar-refractivity contribution is 5.80. The number of benzene rings is 1. The van der Waals surface area contributed by atoms with Crippen LogP contribution in [-0.4, -0.2) is 30.5 Å². The van der Waals surface area contributed by atoms with Crippen molar-refractivity contribution in [3.8, 4) is 5.75 Å². The van der Waals surface area contributed by atoms with E-state index >= 15 is 0 Å². The first kappa shape index (κ1) is 15.8. The molecule has 21 heavy (non-hydrogen) atoms. The van der Waals surface area contributed by atoms with E-state index in [1.54, 1.807) is 12.0 Å². The molecule has 1 fully saturated rings. The number of hydrogen-bond donors (Lipinski definition) is 1. The molecule has 1 aromatic rings. The van der Waals surface area contributed by atoms with Gasteiger partial charge in [0.1, 0.15) is 5.75 Å². The summed E-state index contributed by atoms with van der Waals surface area (Å²) in [6, 6.07) is 7.82. The molecule has 1 aromatic carbocycles. The van der Waals surface area contributed by atoms with Gasteiger partial charge in [0.15, 0.2) is 0 Å². The molecule has 0 bridgehead atoms. The van der Waals surface area contributed by atoms with E-state index in [-0.39, 0.29) is 17.4 Å². The molecule has 0 aliphatic heterocycles. The number of carbonyl (C=O) groups excluding carboxylic acids is 1. The summed E-state index contributed by atoms with van der Waals surface area (Å²) in [7, 11) is 3.50. The van der Waals surface area contributed by atoms with E-state index in [1.807, 2.05) is 38.2 Å². The molecule has 0 radical (unpaired) electrons. The number of rotatable bonds is 4. The Balaban J connectivity index is 2.05. The van der Waals surface area contributed by atoms with E-state index in [2.05, 4.69) is 0 Å². The minimum atomic E-state index is -0.377. The zero-order valence-corrected chi connectivity index (χ0v) is 13.3. The zero-order chi connectivity index (χ0) is 15.5. The van der Waals surface area contributed by atoms with E-state index in [9.17, 15) is 4.79 Å². The third-order valence-corrected chi connectivity index (χ3v) is 4.48. The lowest BCUT2D eigenvalue weighted by atomic mass is 9.74. The lowest BCUT2D eigenvalue weighted by Gasteiger charge is -2.39. The molecule has 1 amide bonds. The summed E-state index contributed by atoms with van der Waals surface area (Å²) < 4.78 is 5.22. The summed E-state index contributed by atoms with van der Waals surface area (Å²) in [5.41, 5.74) is 7.02. The largest absolute Gasteiger partial charge is 0.497 e. The van der Waals surface area contributed by atoms with Crippen molar-refractivity contribution in [1.82, 2.24) is 4.90 Å². The normalized spacial score (nSPS) is 25.4. The highest BCUT2D eigenvalue weighted by atomic mass is 16.5. The molecule has 1 saturated carbocycles. The number of nitrogens with two attached hydrogens (primary N) is 1. The second-order valence-corrected chi connectivity index (χ2v) is 6.35. The predicted octanol–water partition coefficient (Wildman–Crippen LogP) is 2.56. The predicted molar refractivity (Wildman–Crippen MR) is 84.0 cm³/mol. The van der Waals surface area contributed by atoms with E-state index in [4.69, 9.17) is 10.5 Å². The van der Waals surface area contributed by atoms with Crippen LogP contribution in [0.1, 0.15) is 38.2 Å². The molecule has 2 unspecified atom stereocenters. The molecule has 2 atom stereocenters. The topological polar surface area (TPSA) is 55.6 Å². The van der Waals surface area contributed by atoms with Gasteiger partial charge in [0.25, 0.3) is 0 Å². The van der Waals surface area contributed by atoms with Crippen molar-refractivity contribution in [2.24, 2.45) is 11.7 Å². The van der Waals surface area contributed by atoms with Crippen molar-refractivity contribution in [1.29, 1.82) is 0 Å². The van der Waals surface area contributed by atoms with Crippen molar-refractivity contribution in [3.63, 3.8) is 0 Å². The van der Waals surface area contributed by atoms with Gasteiger partial charge in [-0.3, -0.25) is 4.79 Å². The van der Waals surface area contributed by atoms with Gasteiger partial charge in [-0.2, -0.15) is 0 Å². The maximum atomic E-state index is 12.7. The fraction of sp³-hybridized carbons (Fsp3) is 0.588. The zero-order valence-electron chi connectivity index (χ0n) is 13.3. The van der Waals surface area contributed by atoms with Crippen LogP contribution in [0.15, 0.2) is 24.3 Å². The van der Waals surface area contributed by atoms with Gasteiger partial charge in [-0.15, -0.1) is 0 Å². The summed E-state index contributed by atoms with van der Waals surface area (Å²) in [5, 5.41) is 0. The lowest BCUT2D eigenvalue weighted by Crippen LogP contribution is -2.53. The Morgan fingerprint density at radius 3 is 2.90 bits per heavy atom. The van der Waals surface area contributed by atoms with Gasteiger partial charge < -0.3 is 15.4 Å². The van der Waals surface area contributed by atoms with Crippen LogP contribution in [0.5, 0.6) is 5.75 Å². The van der Waals surface area contributed by atoms with Crippen LogP contribution in [0, 0.1) is 5.92 Å². The van der Waals surface area contributed by atoms with Crippen LogP contribution >= 0.6 is 0 Å². The Morgan fingerprint density at radius 1 is 1.48 bits per heavy atom. The number of ether oxygens (including phenoxy) is 1. The fourth-order valence-electron chi connectivity index (χ4n) is 3.15. The molecule has 2 N–H and O–H groups in total. The van der Waals surface area contributed by atoms with Crippen molar-refractivity contribution >= 4 is 5.91 Å². The highest BCUT2D eigenvalue weighted by Gasteiger charge is 2.38.